The van der Waals surface area contributed by atoms with E-state index in [9.17, 15) is 9.59 Å². The summed E-state index contributed by atoms with van der Waals surface area (Å²) in [5, 5.41) is 9.27. The Hall–Kier alpha value is -1.79. The smallest absolute Gasteiger partial charge is 0.337 e. The average molecular weight is 313 g/mol. The summed E-state index contributed by atoms with van der Waals surface area (Å²) in [6.45, 7) is 2.79. The van der Waals surface area contributed by atoms with Crippen molar-refractivity contribution >= 4 is 29.2 Å². The van der Waals surface area contributed by atoms with Crippen molar-refractivity contribution in [3.05, 3.63) is 28.8 Å². The Kier molecular flexibility index (Phi) is 5.03. The minimum atomic E-state index is -0.816. The van der Waals surface area contributed by atoms with E-state index in [4.69, 9.17) is 16.7 Å². The van der Waals surface area contributed by atoms with Gasteiger partial charge in [0.05, 0.1) is 29.9 Å². The lowest BCUT2D eigenvalue weighted by molar-refractivity contribution is -0.138. The molecule has 0 amide bonds. The fourth-order valence-electron chi connectivity index (χ4n) is 2.35. The van der Waals surface area contributed by atoms with Crippen LogP contribution in [0.4, 0.5) is 5.69 Å². The quantitative estimate of drug-likeness (QED) is 0.846. The number of carbonyl (C=O) groups is 2. The van der Waals surface area contributed by atoms with Crippen LogP contribution in [-0.4, -0.2) is 61.8 Å². The number of aliphatic carboxylic acids is 1. The molecular formula is C14H17ClN2O4. The fraction of sp³-hybridized carbons (Fsp3) is 0.429. The summed E-state index contributed by atoms with van der Waals surface area (Å²) < 4.78 is 4.65. The highest BCUT2D eigenvalue weighted by atomic mass is 35.5. The van der Waals surface area contributed by atoms with E-state index in [0.717, 1.165) is 5.69 Å². The lowest BCUT2D eigenvalue weighted by Crippen LogP contribution is -2.48. The number of rotatable bonds is 4. The largest absolute Gasteiger partial charge is 0.480 e. The molecule has 21 heavy (non-hydrogen) atoms. The van der Waals surface area contributed by atoms with Crippen LogP contribution in [0.3, 0.4) is 0 Å². The molecule has 0 unspecified atom stereocenters. The van der Waals surface area contributed by atoms with Gasteiger partial charge in [0.25, 0.3) is 0 Å². The van der Waals surface area contributed by atoms with Crippen LogP contribution in [0.25, 0.3) is 0 Å². The van der Waals surface area contributed by atoms with Crippen molar-refractivity contribution in [2.24, 2.45) is 0 Å². The standard InChI is InChI=1S/C14H17ClN2O4/c1-21-14(20)10-2-3-12(11(15)8-10)17-6-4-16(5-7-17)9-13(18)19/h2-3,8H,4-7,9H2,1H3,(H,18,19). The molecule has 0 saturated carbocycles. The summed E-state index contributed by atoms with van der Waals surface area (Å²) in [7, 11) is 1.33. The van der Waals surface area contributed by atoms with E-state index < -0.39 is 11.9 Å². The maximum atomic E-state index is 11.4. The molecule has 2 rings (SSSR count). The number of nitrogens with zero attached hydrogens (tertiary/aromatic N) is 2. The van der Waals surface area contributed by atoms with E-state index in [1.54, 1.807) is 18.2 Å². The molecule has 1 aromatic rings. The molecule has 1 aromatic carbocycles. The summed E-state index contributed by atoms with van der Waals surface area (Å²) in [5.41, 5.74) is 1.26. The number of hydrogen-bond acceptors (Lipinski definition) is 5. The van der Waals surface area contributed by atoms with E-state index in [1.807, 2.05) is 4.90 Å². The molecule has 1 N–H and O–H groups in total. The molecule has 0 radical (unpaired) electrons. The number of halogens is 1. The molecule has 0 bridgehead atoms. The van der Waals surface area contributed by atoms with Gasteiger partial charge in [-0.15, -0.1) is 0 Å². The second kappa shape index (κ2) is 6.78. The molecule has 1 fully saturated rings. The molecule has 0 aromatic heterocycles. The molecule has 1 aliphatic rings. The van der Waals surface area contributed by atoms with Crippen molar-refractivity contribution in [3.63, 3.8) is 0 Å². The minimum Gasteiger partial charge on any atom is -0.480 e. The first-order valence-electron chi connectivity index (χ1n) is 6.58. The first-order chi connectivity index (χ1) is 10.0. The molecule has 1 heterocycles. The lowest BCUT2D eigenvalue weighted by Gasteiger charge is -2.35. The van der Waals surface area contributed by atoms with Gasteiger partial charge in [-0.25, -0.2) is 4.79 Å². The van der Waals surface area contributed by atoms with Gasteiger partial charge in [0.15, 0.2) is 0 Å². The van der Waals surface area contributed by atoms with E-state index in [-0.39, 0.29) is 6.54 Å². The molecule has 7 heteroatoms. The Labute approximate surface area is 127 Å². The van der Waals surface area contributed by atoms with Crippen LogP contribution in [0, 0.1) is 0 Å². The van der Waals surface area contributed by atoms with Crippen LogP contribution in [0.15, 0.2) is 18.2 Å². The molecule has 0 spiro atoms. The molecule has 0 aliphatic carbocycles. The molecule has 1 aliphatic heterocycles. The minimum absolute atomic E-state index is 0.0584. The predicted molar refractivity (Wildman–Crippen MR) is 79.1 cm³/mol. The van der Waals surface area contributed by atoms with Crippen molar-refractivity contribution in [2.45, 2.75) is 0 Å². The Balaban J connectivity index is 2.03. The maximum absolute atomic E-state index is 11.4. The van der Waals surface area contributed by atoms with Crippen molar-refractivity contribution in [1.82, 2.24) is 4.90 Å². The topological polar surface area (TPSA) is 70.1 Å². The first kappa shape index (κ1) is 15.6. The Bertz CT molecular complexity index is 542. The molecule has 6 nitrogen and oxygen atoms in total. The number of carboxylic acid groups (broad SMARTS) is 1. The number of esters is 1. The number of piperazine rings is 1. The third-order valence-electron chi connectivity index (χ3n) is 3.44. The van der Waals surface area contributed by atoms with Crippen LogP contribution in [0.2, 0.25) is 5.02 Å². The van der Waals surface area contributed by atoms with Crippen molar-refractivity contribution in [3.8, 4) is 0 Å². The van der Waals surface area contributed by atoms with Gasteiger partial charge in [-0.05, 0) is 18.2 Å². The number of ether oxygens (including phenoxy) is 1. The monoisotopic (exact) mass is 312 g/mol. The third-order valence-corrected chi connectivity index (χ3v) is 3.74. The average Bonchev–Trinajstić information content (AvgIpc) is 2.47. The van der Waals surface area contributed by atoms with Crippen LogP contribution >= 0.6 is 11.6 Å². The van der Waals surface area contributed by atoms with Crippen LogP contribution in [0.1, 0.15) is 10.4 Å². The van der Waals surface area contributed by atoms with Gasteiger partial charge in [-0.2, -0.15) is 0 Å². The van der Waals surface area contributed by atoms with Gasteiger partial charge in [-0.1, -0.05) is 11.6 Å². The van der Waals surface area contributed by atoms with Crippen LogP contribution in [0.5, 0.6) is 0 Å². The molecule has 114 valence electrons. The van der Waals surface area contributed by atoms with Crippen LogP contribution < -0.4 is 4.90 Å². The summed E-state index contributed by atoms with van der Waals surface area (Å²) in [5.74, 6) is -1.24. The van der Waals surface area contributed by atoms with Gasteiger partial charge in [0.1, 0.15) is 0 Å². The normalized spacial score (nSPS) is 15.8. The summed E-state index contributed by atoms with van der Waals surface area (Å²) >= 11 is 6.23. The zero-order valence-electron chi connectivity index (χ0n) is 11.7. The summed E-state index contributed by atoms with van der Waals surface area (Å²) in [6.07, 6.45) is 0. The molecule has 1 saturated heterocycles. The number of carbonyl (C=O) groups excluding carboxylic acids is 1. The first-order valence-corrected chi connectivity index (χ1v) is 6.96. The van der Waals surface area contributed by atoms with E-state index >= 15 is 0 Å². The van der Waals surface area contributed by atoms with Gasteiger partial charge >= 0.3 is 11.9 Å². The zero-order valence-corrected chi connectivity index (χ0v) is 12.5. The highest BCUT2D eigenvalue weighted by molar-refractivity contribution is 6.33. The molecule has 0 atom stereocenters. The Morgan fingerprint density at radius 1 is 1.29 bits per heavy atom. The predicted octanol–water partition coefficient (Wildman–Crippen LogP) is 1.33. The number of anilines is 1. The second-order valence-electron chi connectivity index (χ2n) is 4.81. The van der Waals surface area contributed by atoms with Crippen molar-refractivity contribution < 1.29 is 19.4 Å². The van der Waals surface area contributed by atoms with E-state index in [1.165, 1.54) is 7.11 Å². The van der Waals surface area contributed by atoms with Gasteiger partial charge in [-0.3, -0.25) is 9.69 Å². The van der Waals surface area contributed by atoms with Gasteiger partial charge in [0, 0.05) is 26.2 Å². The van der Waals surface area contributed by atoms with Gasteiger partial charge < -0.3 is 14.7 Å². The fourth-order valence-corrected chi connectivity index (χ4v) is 2.65. The number of carboxylic acids is 1. The van der Waals surface area contributed by atoms with E-state index in [2.05, 4.69) is 9.64 Å². The summed E-state index contributed by atoms with van der Waals surface area (Å²) in [6, 6.07) is 5.06. The lowest BCUT2D eigenvalue weighted by atomic mass is 10.1. The number of benzene rings is 1. The van der Waals surface area contributed by atoms with Crippen LogP contribution in [-0.2, 0) is 9.53 Å². The van der Waals surface area contributed by atoms with Gasteiger partial charge in [0.2, 0.25) is 0 Å². The van der Waals surface area contributed by atoms with E-state index in [0.29, 0.717) is 36.8 Å². The highest BCUT2D eigenvalue weighted by Crippen LogP contribution is 2.28. The SMILES string of the molecule is COC(=O)c1ccc(N2CCN(CC(=O)O)CC2)c(Cl)c1. The number of methoxy groups -OCH3 is 1. The third kappa shape index (κ3) is 3.86. The highest BCUT2D eigenvalue weighted by Gasteiger charge is 2.21. The number of hydrogen-bond donors (Lipinski definition) is 1. The Morgan fingerprint density at radius 2 is 1.95 bits per heavy atom. The zero-order chi connectivity index (χ0) is 15.4. The summed E-state index contributed by atoms with van der Waals surface area (Å²) in [4.78, 5) is 26.1. The van der Waals surface area contributed by atoms with Crippen molar-refractivity contribution in [1.29, 1.82) is 0 Å². The maximum Gasteiger partial charge on any atom is 0.337 e. The molecular weight excluding hydrogens is 296 g/mol. The second-order valence-corrected chi connectivity index (χ2v) is 5.22. The van der Waals surface area contributed by atoms with Crippen molar-refractivity contribution in [2.75, 3.05) is 44.7 Å². The Morgan fingerprint density at radius 3 is 2.48 bits per heavy atom.